The second-order valence-electron chi connectivity index (χ2n) is 8.45. The third kappa shape index (κ3) is 5.40. The number of nitrogens with one attached hydrogen (secondary N) is 2. The Morgan fingerprint density at radius 3 is 2.61 bits per heavy atom. The number of para-hydroxylation sites is 1. The van der Waals surface area contributed by atoms with Crippen molar-refractivity contribution in [2.24, 2.45) is 0 Å². The zero-order chi connectivity index (χ0) is 27.8. The lowest BCUT2D eigenvalue weighted by Gasteiger charge is -2.13. The number of carboxylic acid groups (broad SMARTS) is 1. The highest BCUT2D eigenvalue weighted by Crippen LogP contribution is 2.39. The van der Waals surface area contributed by atoms with Crippen molar-refractivity contribution in [1.29, 1.82) is 0 Å². The van der Waals surface area contributed by atoms with Gasteiger partial charge in [-0.15, -0.1) is 0 Å². The molecule has 2 heterocycles. The van der Waals surface area contributed by atoms with Gasteiger partial charge < -0.3 is 14.7 Å². The minimum absolute atomic E-state index is 0.0901. The molecule has 0 unspecified atom stereocenters. The summed E-state index contributed by atoms with van der Waals surface area (Å²) < 4.78 is 66.1. The number of nitrogens with zero attached hydrogens (tertiary/aromatic N) is 2. The minimum Gasteiger partial charge on any atom is -0.476 e. The predicted octanol–water partition coefficient (Wildman–Crippen LogP) is 6.80. The Bertz CT molecular complexity index is 1630. The van der Waals surface area contributed by atoms with Gasteiger partial charge in [-0.3, -0.25) is 4.72 Å². The van der Waals surface area contributed by atoms with E-state index in [0.717, 1.165) is 18.4 Å². The molecule has 3 N–H and O–H groups in total. The highest BCUT2D eigenvalue weighted by molar-refractivity contribution is 9.10. The third-order valence-electron chi connectivity index (χ3n) is 5.85. The fourth-order valence-electron chi connectivity index (χ4n) is 4.03. The number of aromatic amines is 1. The van der Waals surface area contributed by atoms with Gasteiger partial charge in [0.15, 0.2) is 10.8 Å². The molecule has 0 bridgehead atoms. The highest BCUT2D eigenvalue weighted by Gasteiger charge is 2.46. The number of aryl methyl sites for hydroxylation is 1. The Labute approximate surface area is 229 Å². The van der Waals surface area contributed by atoms with Crippen LogP contribution in [0.4, 0.5) is 18.9 Å². The first-order valence-corrected chi connectivity index (χ1v) is 14.0. The molecule has 4 rings (SSSR count). The molecule has 0 aliphatic carbocycles. The van der Waals surface area contributed by atoms with Crippen molar-refractivity contribution in [3.63, 3.8) is 0 Å². The number of alkyl halides is 3. The van der Waals surface area contributed by atoms with Crippen molar-refractivity contribution in [2.45, 2.75) is 38.2 Å². The fraction of sp³-hybridized carbons (Fsp3) is 0.250. The number of imidazole rings is 1. The first-order valence-electron chi connectivity index (χ1n) is 11.3. The number of anilines is 1. The molecule has 0 atom stereocenters. The van der Waals surface area contributed by atoms with Crippen LogP contribution in [0.3, 0.4) is 0 Å². The van der Waals surface area contributed by atoms with Gasteiger partial charge in [0.2, 0.25) is 0 Å². The third-order valence-corrected chi connectivity index (χ3v) is 8.03. The van der Waals surface area contributed by atoms with Gasteiger partial charge in [0, 0.05) is 29.4 Å². The first kappa shape index (κ1) is 28.0. The molecule has 0 aliphatic rings. The van der Waals surface area contributed by atoms with Crippen LogP contribution in [-0.2, 0) is 23.0 Å². The Morgan fingerprint density at radius 1 is 1.24 bits per heavy atom. The van der Waals surface area contributed by atoms with Gasteiger partial charge in [-0.25, -0.2) is 9.78 Å². The molecule has 0 spiro atoms. The van der Waals surface area contributed by atoms with Crippen molar-refractivity contribution in [2.75, 3.05) is 4.72 Å². The molecule has 4 aromatic rings. The monoisotopic (exact) mass is 632 g/mol. The summed E-state index contributed by atoms with van der Waals surface area (Å²) in [6.07, 6.45) is 2.24. The highest BCUT2D eigenvalue weighted by atomic mass is 79.9. The Balaban J connectivity index is 1.75. The van der Waals surface area contributed by atoms with Crippen molar-refractivity contribution < 1.29 is 31.5 Å². The van der Waals surface area contributed by atoms with E-state index >= 15 is 0 Å². The minimum atomic E-state index is -5.63. The molecule has 0 amide bonds. The molecule has 2 aromatic carbocycles. The van der Waals surface area contributed by atoms with E-state index in [0.29, 0.717) is 33.3 Å². The van der Waals surface area contributed by atoms with Crippen LogP contribution in [-0.4, -0.2) is 39.5 Å². The number of H-pyrrole nitrogens is 1. The van der Waals surface area contributed by atoms with Crippen LogP contribution in [0.5, 0.6) is 0 Å². The summed E-state index contributed by atoms with van der Waals surface area (Å²) in [5.41, 5.74) is -3.94. The van der Waals surface area contributed by atoms with E-state index in [-0.39, 0.29) is 28.6 Å². The van der Waals surface area contributed by atoms with Crippen LogP contribution >= 0.6 is 27.5 Å². The maximum absolute atomic E-state index is 13.0. The molecule has 0 fully saturated rings. The average Bonchev–Trinajstić information content (AvgIpc) is 3.33. The zero-order valence-electron chi connectivity index (χ0n) is 19.7. The van der Waals surface area contributed by atoms with Gasteiger partial charge >= 0.3 is 21.5 Å². The van der Waals surface area contributed by atoms with Crippen LogP contribution < -0.4 is 4.72 Å². The van der Waals surface area contributed by atoms with Gasteiger partial charge in [-0.1, -0.05) is 49.2 Å². The van der Waals surface area contributed by atoms with E-state index in [1.54, 1.807) is 33.6 Å². The predicted molar refractivity (Wildman–Crippen MR) is 142 cm³/mol. The number of carbonyl (C=O) groups is 1. The fourth-order valence-corrected chi connectivity index (χ4v) is 5.54. The molecule has 8 nitrogen and oxygen atoms in total. The zero-order valence-corrected chi connectivity index (χ0v) is 22.9. The summed E-state index contributed by atoms with van der Waals surface area (Å²) in [4.78, 5) is 19.2. The van der Waals surface area contributed by atoms with E-state index < -0.39 is 21.5 Å². The van der Waals surface area contributed by atoms with Gasteiger partial charge in [-0.05, 0) is 46.1 Å². The average molecular weight is 634 g/mol. The molecule has 2 aromatic heterocycles. The van der Waals surface area contributed by atoms with Gasteiger partial charge in [0.1, 0.15) is 5.82 Å². The lowest BCUT2D eigenvalue weighted by Crippen LogP contribution is -2.30. The molecular weight excluding hydrogens is 613 g/mol. The van der Waals surface area contributed by atoms with Gasteiger partial charge in [0.25, 0.3) is 0 Å². The van der Waals surface area contributed by atoms with E-state index in [9.17, 15) is 31.5 Å². The normalized spacial score (nSPS) is 12.3. The lowest BCUT2D eigenvalue weighted by molar-refractivity contribution is -0.0429. The van der Waals surface area contributed by atoms with Crippen LogP contribution in [0.15, 0.2) is 46.9 Å². The van der Waals surface area contributed by atoms with E-state index in [1.165, 1.54) is 18.2 Å². The molecule has 202 valence electrons. The second-order valence-corrected chi connectivity index (χ2v) is 11.3. The molecular formula is C24H21BrClF3N4O4S. The lowest BCUT2D eigenvalue weighted by atomic mass is 10.1. The summed E-state index contributed by atoms with van der Waals surface area (Å²) in [6, 6.07) is 11.0. The summed E-state index contributed by atoms with van der Waals surface area (Å²) in [5.74, 6) is -0.650. The maximum Gasteiger partial charge on any atom is 0.516 e. The molecule has 38 heavy (non-hydrogen) atoms. The maximum atomic E-state index is 13.0. The number of rotatable bonds is 9. The van der Waals surface area contributed by atoms with Crippen molar-refractivity contribution in [1.82, 2.24) is 14.5 Å². The Kier molecular flexibility index (Phi) is 7.82. The number of aromatic carboxylic acids is 1. The van der Waals surface area contributed by atoms with Crippen molar-refractivity contribution >= 4 is 60.1 Å². The molecule has 14 heteroatoms. The van der Waals surface area contributed by atoms with Crippen LogP contribution in [0.25, 0.3) is 22.2 Å². The largest absolute Gasteiger partial charge is 0.516 e. The quantitative estimate of drug-likeness (QED) is 0.188. The summed E-state index contributed by atoms with van der Waals surface area (Å²) in [6.45, 7) is 2.18. The standard InChI is InChI=1S/C24H21BrClF3N4O4S/c1-2-3-8-18-31-22(26)21(23(34)35)33(18)12-13-9-10-16-15(11-13)19(25)20(30-16)14-6-4-5-7-17(14)32-38(36,37)24(27,28)29/h4-7,9-11,30,32H,2-3,8,12H2,1H3,(H,34,35). The SMILES string of the molecule is CCCCc1nc(Cl)c(C(=O)O)n1Cc1ccc2[nH]c(-c3ccccc3NS(=O)(=O)C(F)(F)F)c(Br)c2c1. The number of unbranched alkanes of at least 4 members (excludes halogenated alkanes) is 1. The summed E-state index contributed by atoms with van der Waals surface area (Å²) in [7, 11) is -5.63. The number of benzene rings is 2. The molecule has 0 saturated carbocycles. The number of sulfonamides is 1. The summed E-state index contributed by atoms with van der Waals surface area (Å²) in [5, 5.41) is 10.3. The van der Waals surface area contributed by atoms with Crippen molar-refractivity contribution in [3.05, 3.63) is 69.2 Å². The van der Waals surface area contributed by atoms with Gasteiger partial charge in [0.05, 0.1) is 15.9 Å². The number of hydrogen-bond acceptors (Lipinski definition) is 4. The smallest absolute Gasteiger partial charge is 0.476 e. The summed E-state index contributed by atoms with van der Waals surface area (Å²) >= 11 is 9.61. The molecule has 0 aliphatic heterocycles. The van der Waals surface area contributed by atoms with Crippen molar-refractivity contribution in [3.8, 4) is 11.3 Å². The first-order chi connectivity index (χ1) is 17.8. The second kappa shape index (κ2) is 10.6. The van der Waals surface area contributed by atoms with Gasteiger partial charge in [-0.2, -0.15) is 21.6 Å². The number of aromatic nitrogens is 3. The Morgan fingerprint density at radius 2 is 1.95 bits per heavy atom. The number of hydrogen-bond donors (Lipinski definition) is 3. The van der Waals surface area contributed by atoms with E-state index in [2.05, 4.69) is 25.9 Å². The topological polar surface area (TPSA) is 117 Å². The molecule has 0 saturated heterocycles. The number of halogens is 5. The van der Waals surface area contributed by atoms with Crippen LogP contribution in [0.1, 0.15) is 41.6 Å². The van der Waals surface area contributed by atoms with Crippen LogP contribution in [0, 0.1) is 0 Å². The molecule has 0 radical (unpaired) electrons. The van der Waals surface area contributed by atoms with E-state index in [1.807, 2.05) is 6.92 Å². The number of fused-ring (bicyclic) bond motifs is 1. The van der Waals surface area contributed by atoms with E-state index in [4.69, 9.17) is 11.6 Å². The Hall–Kier alpha value is -3.03. The number of carboxylic acids is 1. The van der Waals surface area contributed by atoms with Crippen LogP contribution in [0.2, 0.25) is 5.15 Å².